The van der Waals surface area contributed by atoms with E-state index in [0.29, 0.717) is 0 Å². The predicted octanol–water partition coefficient (Wildman–Crippen LogP) is 5.80. The maximum atomic E-state index is 10.1. The number of benzene rings is 1. The fourth-order valence-electron chi connectivity index (χ4n) is 0.666. The average molecular weight is 398 g/mol. The molecule has 0 fully saturated rings. The Morgan fingerprint density at radius 1 is 0.680 bits per heavy atom. The lowest BCUT2D eigenvalue weighted by Crippen LogP contribution is -2.02. The summed E-state index contributed by atoms with van der Waals surface area (Å²) in [5.41, 5.74) is 1.18. The molecule has 0 amide bonds. The summed E-state index contributed by atoms with van der Waals surface area (Å²) in [6.07, 6.45) is 0. The number of nitrogens with zero attached hydrogens (tertiary/aromatic N) is 1. The van der Waals surface area contributed by atoms with E-state index in [1.165, 1.54) is 12.1 Å². The van der Waals surface area contributed by atoms with Crippen LogP contribution in [-0.2, 0) is 0 Å². The number of hydrogen-bond donors (Lipinski definition) is 0. The minimum absolute atomic E-state index is 0.144. The second kappa shape index (κ2) is 11.5. The highest BCUT2D eigenvalue weighted by Gasteiger charge is 2.21. The molecular weight excluding hydrogens is 390 g/mol. The SMILES string of the molecule is Cc1ccc([N+](=O)[O-])cc1.F[B-](F)(F)F.F[B-](F)(F)F.F[B-](F)(F)F. The van der Waals surface area contributed by atoms with Gasteiger partial charge in [0.25, 0.3) is 5.69 Å². The van der Waals surface area contributed by atoms with E-state index in [4.69, 9.17) is 0 Å². The van der Waals surface area contributed by atoms with Crippen molar-refractivity contribution in [2.45, 2.75) is 6.92 Å². The van der Waals surface area contributed by atoms with Gasteiger partial charge in [0, 0.05) is 12.1 Å². The van der Waals surface area contributed by atoms with Crippen molar-refractivity contribution < 1.29 is 56.7 Å². The first-order chi connectivity index (χ1) is 10.7. The highest BCUT2D eigenvalue weighted by atomic mass is 19.5. The maximum absolute atomic E-state index is 10.1. The van der Waals surface area contributed by atoms with Gasteiger partial charge in [-0.1, -0.05) is 17.7 Å². The molecule has 0 N–H and O–H groups in total. The summed E-state index contributed by atoms with van der Waals surface area (Å²) < 4.78 is 117. The molecule has 148 valence electrons. The second-order valence-corrected chi connectivity index (χ2v) is 3.58. The third-order valence-electron chi connectivity index (χ3n) is 1.24. The molecule has 0 bridgehead atoms. The summed E-state index contributed by atoms with van der Waals surface area (Å²) >= 11 is 0. The highest BCUT2D eigenvalue weighted by Crippen LogP contribution is 2.10. The Balaban J connectivity index is -0.000000279. The minimum Gasteiger partial charge on any atom is -0.418 e. The summed E-state index contributed by atoms with van der Waals surface area (Å²) in [6, 6.07) is 6.43. The molecule has 0 saturated carbocycles. The van der Waals surface area contributed by atoms with Crippen molar-refractivity contribution in [3.8, 4) is 0 Å². The molecule has 0 heterocycles. The first-order valence-electron chi connectivity index (χ1n) is 5.53. The van der Waals surface area contributed by atoms with Gasteiger partial charge in [-0.2, -0.15) is 0 Å². The van der Waals surface area contributed by atoms with Gasteiger partial charge in [0.15, 0.2) is 0 Å². The lowest BCUT2D eigenvalue weighted by Gasteiger charge is -1.94. The van der Waals surface area contributed by atoms with Gasteiger partial charge >= 0.3 is 21.8 Å². The van der Waals surface area contributed by atoms with E-state index in [0.717, 1.165) is 5.56 Å². The van der Waals surface area contributed by atoms with E-state index in [1.54, 1.807) is 12.1 Å². The quantitative estimate of drug-likeness (QED) is 0.260. The van der Waals surface area contributed by atoms with Crippen LogP contribution in [0.3, 0.4) is 0 Å². The minimum atomic E-state index is -6.00. The van der Waals surface area contributed by atoms with Gasteiger partial charge < -0.3 is 51.8 Å². The van der Waals surface area contributed by atoms with Gasteiger partial charge in [0.05, 0.1) is 4.92 Å². The Morgan fingerprint density at radius 2 is 0.880 bits per heavy atom. The summed E-state index contributed by atoms with van der Waals surface area (Å²) in [5.74, 6) is 0. The molecule has 0 saturated heterocycles. The number of non-ortho nitro benzene ring substituents is 1. The topological polar surface area (TPSA) is 43.1 Å². The number of hydrogen-bond acceptors (Lipinski definition) is 2. The van der Waals surface area contributed by atoms with Crippen LogP contribution in [0.25, 0.3) is 0 Å². The Hall–Kier alpha value is -2.03. The lowest BCUT2D eigenvalue weighted by atomic mass is 10.2. The fraction of sp³-hybridized carbons (Fsp3) is 0.143. The normalized spacial score (nSPS) is 10.9. The zero-order valence-electron chi connectivity index (χ0n) is 11.8. The highest BCUT2D eigenvalue weighted by molar-refractivity contribution is 6.50. The van der Waals surface area contributed by atoms with Crippen LogP contribution in [-0.4, -0.2) is 26.7 Å². The zero-order valence-corrected chi connectivity index (χ0v) is 11.8. The van der Waals surface area contributed by atoms with E-state index >= 15 is 0 Å². The number of nitro benzene ring substituents is 1. The number of rotatable bonds is 1. The van der Waals surface area contributed by atoms with Crippen molar-refractivity contribution in [3.63, 3.8) is 0 Å². The van der Waals surface area contributed by atoms with Crippen LogP contribution in [0.2, 0.25) is 0 Å². The Morgan fingerprint density at radius 3 is 1.04 bits per heavy atom. The van der Waals surface area contributed by atoms with Crippen molar-refractivity contribution in [1.29, 1.82) is 0 Å². The molecule has 0 aliphatic rings. The molecule has 1 aromatic carbocycles. The van der Waals surface area contributed by atoms with Gasteiger partial charge in [-0.25, -0.2) is 0 Å². The molecule has 0 unspecified atom stereocenters. The first kappa shape index (κ1) is 27.8. The molecule has 3 nitrogen and oxygen atoms in total. The summed E-state index contributed by atoms with van der Waals surface area (Å²) in [7, 11) is -18.0. The van der Waals surface area contributed by atoms with Crippen molar-refractivity contribution in [2.24, 2.45) is 0 Å². The van der Waals surface area contributed by atoms with Crippen LogP contribution in [0.15, 0.2) is 24.3 Å². The van der Waals surface area contributed by atoms with E-state index < -0.39 is 26.7 Å². The second-order valence-electron chi connectivity index (χ2n) is 3.58. The zero-order chi connectivity index (χ0) is 21.1. The largest absolute Gasteiger partial charge is 0.673 e. The fourth-order valence-corrected chi connectivity index (χ4v) is 0.666. The first-order valence-corrected chi connectivity index (χ1v) is 5.53. The molecule has 0 aliphatic carbocycles. The Kier molecular flexibility index (Phi) is 12.8. The summed E-state index contributed by atoms with van der Waals surface area (Å²) in [6.45, 7) is 1.89. The molecule has 0 atom stereocenters. The molecule has 1 aromatic rings. The average Bonchev–Trinajstić information content (AvgIpc) is 2.22. The standard InChI is InChI=1S/C7H7NO2.3BF4/c1-6-2-4-7(5-3-6)8(9)10;3*2-1(3,4)5/h2-5H,1H3;;;/q;3*-1. The number of halogens is 12. The van der Waals surface area contributed by atoms with Gasteiger partial charge in [0.1, 0.15) is 0 Å². The van der Waals surface area contributed by atoms with Gasteiger partial charge in [-0.15, -0.1) is 0 Å². The van der Waals surface area contributed by atoms with Crippen LogP contribution in [0.1, 0.15) is 5.56 Å². The van der Waals surface area contributed by atoms with Crippen molar-refractivity contribution in [2.75, 3.05) is 0 Å². The molecule has 18 heteroatoms. The molecule has 0 radical (unpaired) electrons. The Labute approximate surface area is 132 Å². The van der Waals surface area contributed by atoms with Crippen LogP contribution in [0.4, 0.5) is 57.5 Å². The number of nitro groups is 1. The van der Waals surface area contributed by atoms with Crippen LogP contribution in [0.5, 0.6) is 0 Å². The third kappa shape index (κ3) is 61.1. The Bertz CT molecular complexity index is 439. The van der Waals surface area contributed by atoms with Gasteiger partial charge in [-0.3, -0.25) is 10.1 Å². The monoisotopic (exact) mass is 398 g/mol. The molecule has 0 spiro atoms. The van der Waals surface area contributed by atoms with E-state index in [1.807, 2.05) is 6.92 Å². The van der Waals surface area contributed by atoms with Gasteiger partial charge in [0.2, 0.25) is 0 Å². The van der Waals surface area contributed by atoms with Crippen molar-refractivity contribution >= 4 is 27.5 Å². The van der Waals surface area contributed by atoms with Crippen LogP contribution < -0.4 is 0 Å². The van der Waals surface area contributed by atoms with E-state index in [-0.39, 0.29) is 5.69 Å². The summed E-state index contributed by atoms with van der Waals surface area (Å²) in [4.78, 5) is 9.71. The molecule has 0 aliphatic heterocycles. The third-order valence-corrected chi connectivity index (χ3v) is 1.24. The van der Waals surface area contributed by atoms with Crippen LogP contribution in [0, 0.1) is 17.0 Å². The van der Waals surface area contributed by atoms with Gasteiger partial charge in [-0.05, 0) is 6.92 Å². The molecule has 25 heavy (non-hydrogen) atoms. The van der Waals surface area contributed by atoms with E-state index in [9.17, 15) is 61.9 Å². The summed E-state index contributed by atoms with van der Waals surface area (Å²) in [5, 5.41) is 10.1. The van der Waals surface area contributed by atoms with E-state index in [2.05, 4.69) is 0 Å². The van der Waals surface area contributed by atoms with Crippen LogP contribution >= 0.6 is 0 Å². The molecular formula is C7H7B3F12NO2-3. The van der Waals surface area contributed by atoms with Crippen molar-refractivity contribution in [3.05, 3.63) is 39.9 Å². The number of aryl methyl sites for hydroxylation is 1. The maximum Gasteiger partial charge on any atom is 0.673 e. The lowest BCUT2D eigenvalue weighted by molar-refractivity contribution is -0.384. The molecule has 0 aromatic heterocycles. The van der Waals surface area contributed by atoms with Crippen molar-refractivity contribution in [1.82, 2.24) is 0 Å². The molecule has 1 rings (SSSR count). The smallest absolute Gasteiger partial charge is 0.418 e. The predicted molar refractivity (Wildman–Crippen MR) is 68.4 cm³/mol.